The van der Waals surface area contributed by atoms with Crippen molar-refractivity contribution in [3.05, 3.63) is 60.2 Å². The molecule has 2 aromatic rings. The van der Waals surface area contributed by atoms with Crippen molar-refractivity contribution in [1.29, 1.82) is 0 Å². The van der Waals surface area contributed by atoms with Crippen LogP contribution < -0.4 is 10.2 Å². The molecule has 0 aromatic heterocycles. The summed E-state index contributed by atoms with van der Waals surface area (Å²) in [7, 11) is 1.99. The van der Waals surface area contributed by atoms with E-state index in [0.717, 1.165) is 23.4 Å². The van der Waals surface area contributed by atoms with Crippen LogP contribution in [0.3, 0.4) is 0 Å². The lowest BCUT2D eigenvalue weighted by Gasteiger charge is -2.46. The van der Waals surface area contributed by atoms with Gasteiger partial charge in [-0.2, -0.15) is 13.2 Å². The van der Waals surface area contributed by atoms with Gasteiger partial charge in [0, 0.05) is 31.0 Å². The maximum Gasteiger partial charge on any atom is 0.490 e. The summed E-state index contributed by atoms with van der Waals surface area (Å²) in [4.78, 5) is 40.2. The third-order valence-corrected chi connectivity index (χ3v) is 6.25. The monoisotopic (exact) mass is 492 g/mol. The molecule has 2 fully saturated rings. The van der Waals surface area contributed by atoms with E-state index in [1.807, 2.05) is 78.4 Å². The van der Waals surface area contributed by atoms with E-state index in [9.17, 15) is 22.8 Å². The fraction of sp³-hybridized carbons (Fsp3) is 0.375. The average molecular weight is 492 g/mol. The van der Waals surface area contributed by atoms with E-state index in [1.165, 1.54) is 0 Å². The van der Waals surface area contributed by atoms with Crippen LogP contribution >= 0.6 is 0 Å². The summed E-state index contributed by atoms with van der Waals surface area (Å²) >= 11 is 0. The molecule has 2 saturated heterocycles. The Hall–Kier alpha value is -3.60. The van der Waals surface area contributed by atoms with Crippen LogP contribution in [0, 0.1) is 6.92 Å². The quantitative estimate of drug-likeness (QED) is 0.669. The number of aryl methyl sites for hydroxylation is 1. The van der Waals surface area contributed by atoms with Gasteiger partial charge < -0.3 is 20.2 Å². The highest BCUT2D eigenvalue weighted by atomic mass is 19.4. The predicted molar refractivity (Wildman–Crippen MR) is 124 cm³/mol. The maximum atomic E-state index is 12.8. The number of likely N-dealkylation sites (tertiary alicyclic amines) is 1. The van der Waals surface area contributed by atoms with Crippen LogP contribution in [-0.2, 0) is 9.59 Å². The zero-order valence-electron chi connectivity index (χ0n) is 19.4. The number of nitrogens with zero attached hydrogens (tertiary/aromatic N) is 3. The van der Waals surface area contributed by atoms with Gasteiger partial charge in [-0.15, -0.1) is 0 Å². The summed E-state index contributed by atoms with van der Waals surface area (Å²) in [6.07, 6.45) is -4.23. The van der Waals surface area contributed by atoms with Crippen LogP contribution in [0.4, 0.5) is 29.3 Å². The minimum atomic E-state index is -5.08. The molecule has 1 atom stereocenters. The standard InChI is InChI=1S/C22H26N4O2.C2HF3O2/c1-17-8-6-7-11-19(17)23-21(28)25-13-12-22(15-25)16-26(20(27)14-24(22)2)18-9-4-3-5-10-18;3-2(4,5)1(6)7/h3-11H,12-16H2,1-2H3,(H,23,28);(H,6,7). The Morgan fingerprint density at radius 2 is 1.63 bits per heavy atom. The summed E-state index contributed by atoms with van der Waals surface area (Å²) in [5, 5.41) is 10.2. The van der Waals surface area contributed by atoms with Crippen LogP contribution in [0.1, 0.15) is 12.0 Å². The maximum absolute atomic E-state index is 12.8. The number of nitrogens with one attached hydrogen (secondary N) is 1. The van der Waals surface area contributed by atoms with Crippen molar-refractivity contribution in [2.45, 2.75) is 25.1 Å². The molecule has 1 spiro atoms. The van der Waals surface area contributed by atoms with Crippen molar-refractivity contribution in [1.82, 2.24) is 9.80 Å². The number of carbonyl (C=O) groups excluding carboxylic acids is 2. The van der Waals surface area contributed by atoms with Crippen molar-refractivity contribution in [3.8, 4) is 0 Å². The number of benzene rings is 2. The molecular weight excluding hydrogens is 465 g/mol. The van der Waals surface area contributed by atoms with Gasteiger partial charge in [0.05, 0.1) is 12.1 Å². The van der Waals surface area contributed by atoms with Crippen molar-refractivity contribution in [3.63, 3.8) is 0 Å². The Balaban J connectivity index is 0.000000429. The molecule has 2 N–H and O–H groups in total. The van der Waals surface area contributed by atoms with E-state index in [2.05, 4.69) is 10.2 Å². The molecule has 35 heavy (non-hydrogen) atoms. The van der Waals surface area contributed by atoms with Crippen LogP contribution in [-0.4, -0.2) is 77.8 Å². The summed E-state index contributed by atoms with van der Waals surface area (Å²) in [6.45, 7) is 4.23. The summed E-state index contributed by atoms with van der Waals surface area (Å²) < 4.78 is 31.7. The second kappa shape index (κ2) is 10.3. The number of hydrogen-bond acceptors (Lipinski definition) is 4. The molecule has 0 aliphatic carbocycles. The highest BCUT2D eigenvalue weighted by Gasteiger charge is 2.48. The van der Waals surface area contributed by atoms with Crippen LogP contribution in [0.15, 0.2) is 54.6 Å². The lowest BCUT2D eigenvalue weighted by atomic mass is 9.92. The predicted octanol–water partition coefficient (Wildman–Crippen LogP) is 3.58. The van der Waals surface area contributed by atoms with Gasteiger partial charge in [0.15, 0.2) is 0 Å². The van der Waals surface area contributed by atoms with E-state index in [-0.39, 0.29) is 17.5 Å². The average Bonchev–Trinajstić information content (AvgIpc) is 3.24. The first-order chi connectivity index (χ1) is 16.4. The molecule has 8 nitrogen and oxygen atoms in total. The third-order valence-electron chi connectivity index (χ3n) is 6.25. The molecule has 2 heterocycles. The highest BCUT2D eigenvalue weighted by molar-refractivity contribution is 5.96. The van der Waals surface area contributed by atoms with Crippen molar-refractivity contribution < 1.29 is 32.7 Å². The number of urea groups is 1. The van der Waals surface area contributed by atoms with E-state index in [0.29, 0.717) is 26.2 Å². The van der Waals surface area contributed by atoms with Gasteiger partial charge in [0.2, 0.25) is 5.91 Å². The van der Waals surface area contributed by atoms with Crippen molar-refractivity contribution >= 4 is 29.3 Å². The van der Waals surface area contributed by atoms with Gasteiger partial charge in [0.25, 0.3) is 0 Å². The summed E-state index contributed by atoms with van der Waals surface area (Å²) in [6, 6.07) is 17.5. The zero-order chi connectivity index (χ0) is 25.8. The van der Waals surface area contributed by atoms with Crippen molar-refractivity contribution in [2.75, 3.05) is 43.4 Å². The molecule has 0 saturated carbocycles. The Bertz CT molecular complexity index is 1080. The number of rotatable bonds is 2. The van der Waals surface area contributed by atoms with Gasteiger partial charge >= 0.3 is 18.2 Å². The topological polar surface area (TPSA) is 93.2 Å². The number of carbonyl (C=O) groups is 3. The van der Waals surface area contributed by atoms with E-state index in [4.69, 9.17) is 9.90 Å². The number of carboxylic acids is 1. The smallest absolute Gasteiger partial charge is 0.475 e. The molecule has 4 rings (SSSR count). The lowest BCUT2D eigenvalue weighted by Crippen LogP contribution is -2.64. The summed E-state index contributed by atoms with van der Waals surface area (Å²) in [5.74, 6) is -2.66. The van der Waals surface area contributed by atoms with Gasteiger partial charge in [-0.1, -0.05) is 36.4 Å². The molecule has 188 valence electrons. The molecule has 11 heteroatoms. The first-order valence-electron chi connectivity index (χ1n) is 10.9. The second-order valence-electron chi connectivity index (χ2n) is 8.62. The van der Waals surface area contributed by atoms with E-state index < -0.39 is 12.1 Å². The highest BCUT2D eigenvalue weighted by Crippen LogP contribution is 2.33. The first kappa shape index (κ1) is 26.0. The number of carboxylic acid groups (broad SMARTS) is 1. The number of anilines is 2. The molecule has 1 unspecified atom stereocenters. The third kappa shape index (κ3) is 6.10. The number of amides is 3. The Kier molecular flexibility index (Phi) is 7.69. The van der Waals surface area contributed by atoms with Gasteiger partial charge in [0.1, 0.15) is 0 Å². The molecule has 2 aliphatic rings. The largest absolute Gasteiger partial charge is 0.490 e. The Labute approximate surface area is 200 Å². The minimum absolute atomic E-state index is 0.0808. The molecule has 0 bridgehead atoms. The molecule has 2 aliphatic heterocycles. The number of aliphatic carboxylic acids is 1. The number of para-hydroxylation sites is 2. The SMILES string of the molecule is Cc1ccccc1NC(=O)N1CCC2(C1)CN(c1ccccc1)C(=O)CN2C.O=C(O)C(F)(F)F. The van der Waals surface area contributed by atoms with Crippen LogP contribution in [0.25, 0.3) is 0 Å². The van der Waals surface area contributed by atoms with E-state index >= 15 is 0 Å². The fourth-order valence-corrected chi connectivity index (χ4v) is 4.18. The Morgan fingerprint density at radius 1 is 1.03 bits per heavy atom. The number of piperazine rings is 1. The number of hydrogen-bond donors (Lipinski definition) is 2. The zero-order valence-corrected chi connectivity index (χ0v) is 19.4. The first-order valence-corrected chi connectivity index (χ1v) is 10.9. The molecule has 3 amide bonds. The van der Waals surface area contributed by atoms with Gasteiger partial charge in [-0.05, 0) is 44.2 Å². The number of halogens is 3. The Morgan fingerprint density at radius 3 is 2.23 bits per heavy atom. The van der Waals surface area contributed by atoms with Crippen molar-refractivity contribution in [2.24, 2.45) is 0 Å². The molecular formula is C24H27F3N4O4. The molecule has 2 aromatic carbocycles. The van der Waals surface area contributed by atoms with Gasteiger partial charge in [-0.25, -0.2) is 9.59 Å². The normalized spacial score (nSPS) is 20.4. The number of alkyl halides is 3. The van der Waals surface area contributed by atoms with Crippen LogP contribution in [0.5, 0.6) is 0 Å². The minimum Gasteiger partial charge on any atom is -0.475 e. The second-order valence-corrected chi connectivity index (χ2v) is 8.62. The molecule has 0 radical (unpaired) electrons. The van der Waals surface area contributed by atoms with Crippen LogP contribution in [0.2, 0.25) is 0 Å². The lowest BCUT2D eigenvalue weighted by molar-refractivity contribution is -0.192. The number of likely N-dealkylation sites (N-methyl/N-ethyl adjacent to an activating group) is 1. The summed E-state index contributed by atoms with van der Waals surface area (Å²) in [5.41, 5.74) is 2.59. The fourth-order valence-electron chi connectivity index (χ4n) is 4.18. The van der Waals surface area contributed by atoms with E-state index in [1.54, 1.807) is 0 Å². The van der Waals surface area contributed by atoms with Gasteiger partial charge in [-0.3, -0.25) is 9.69 Å².